The van der Waals surface area contributed by atoms with E-state index in [0.29, 0.717) is 0 Å². The molecule has 0 radical (unpaired) electrons. The lowest BCUT2D eigenvalue weighted by molar-refractivity contribution is -0.0165. The summed E-state index contributed by atoms with van der Waals surface area (Å²) in [6, 6.07) is 4.34. The average Bonchev–Trinajstić information content (AvgIpc) is 2.61. The molecule has 140 valence electrons. The quantitative estimate of drug-likeness (QED) is 0.908. The first kappa shape index (κ1) is 16.5. The van der Waals surface area contributed by atoms with E-state index < -0.39 is 0 Å². The molecule has 4 bridgehead atoms. The Balaban J connectivity index is 1.15. The Morgan fingerprint density at radius 3 is 2.15 bits per heavy atom. The number of nitrogens with one attached hydrogen (secondary N) is 1. The minimum absolute atomic E-state index is 0.125. The van der Waals surface area contributed by atoms with E-state index in [1.54, 1.807) is 0 Å². The van der Waals surface area contributed by atoms with E-state index in [2.05, 4.69) is 27.3 Å². The first-order valence-electron chi connectivity index (χ1n) is 10.4. The molecule has 1 aromatic rings. The summed E-state index contributed by atoms with van der Waals surface area (Å²) in [5, 5.41) is 3.52. The lowest BCUT2D eigenvalue weighted by atomic mass is 9.53. The molecule has 2 amide bonds. The molecule has 5 nitrogen and oxygen atoms in total. The van der Waals surface area contributed by atoms with Gasteiger partial charge in [-0.05, 0) is 74.0 Å². The van der Waals surface area contributed by atoms with Crippen molar-refractivity contribution in [3.05, 3.63) is 30.1 Å². The number of aromatic nitrogens is 1. The Morgan fingerprint density at radius 2 is 1.58 bits per heavy atom. The van der Waals surface area contributed by atoms with Gasteiger partial charge in [-0.25, -0.2) is 4.79 Å². The molecule has 0 aromatic carbocycles. The fraction of sp³-hybridized carbons (Fsp3) is 0.714. The normalized spacial score (nSPS) is 36.3. The number of rotatable bonds is 3. The van der Waals surface area contributed by atoms with Crippen LogP contribution >= 0.6 is 0 Å². The monoisotopic (exact) mass is 354 g/mol. The molecule has 26 heavy (non-hydrogen) atoms. The van der Waals surface area contributed by atoms with Crippen LogP contribution in [0.1, 0.15) is 44.1 Å². The summed E-state index contributed by atoms with van der Waals surface area (Å²) in [6.45, 7) is 4.53. The van der Waals surface area contributed by atoms with Gasteiger partial charge < -0.3 is 10.2 Å². The lowest BCUT2D eigenvalue weighted by Crippen LogP contribution is -2.63. The molecule has 6 rings (SSSR count). The van der Waals surface area contributed by atoms with Gasteiger partial charge in [-0.3, -0.25) is 9.88 Å². The predicted octanol–water partition coefficient (Wildman–Crippen LogP) is 2.88. The SMILES string of the molecule is O=C(NC12CC3CC(CC(C3)C1)C2)N1CCN(Cc2ccncc2)CC1. The van der Waals surface area contributed by atoms with Gasteiger partial charge in [-0.2, -0.15) is 0 Å². The van der Waals surface area contributed by atoms with Crippen LogP contribution in [0, 0.1) is 17.8 Å². The van der Waals surface area contributed by atoms with E-state index in [9.17, 15) is 4.79 Å². The molecule has 5 aliphatic rings. The van der Waals surface area contributed by atoms with E-state index in [1.165, 1.54) is 44.1 Å². The molecule has 1 N–H and O–H groups in total. The molecule has 0 unspecified atom stereocenters. The highest BCUT2D eigenvalue weighted by Gasteiger charge is 2.51. The number of carbonyl (C=O) groups excluding carboxylic acids is 1. The van der Waals surface area contributed by atoms with Crippen LogP contribution in [-0.4, -0.2) is 52.5 Å². The predicted molar refractivity (Wildman–Crippen MR) is 101 cm³/mol. The highest BCUT2D eigenvalue weighted by Crippen LogP contribution is 2.55. The van der Waals surface area contributed by atoms with Crippen LogP contribution in [0.3, 0.4) is 0 Å². The Kier molecular flexibility index (Phi) is 4.15. The molecule has 0 spiro atoms. The molecule has 1 aromatic heterocycles. The van der Waals surface area contributed by atoms with Crippen LogP contribution in [0.15, 0.2) is 24.5 Å². The second-order valence-electron chi connectivity index (χ2n) is 9.25. The summed E-state index contributed by atoms with van der Waals surface area (Å²) in [5.74, 6) is 2.62. The summed E-state index contributed by atoms with van der Waals surface area (Å²) in [5.41, 5.74) is 1.42. The smallest absolute Gasteiger partial charge is 0.317 e. The molecule has 4 aliphatic carbocycles. The highest BCUT2D eigenvalue weighted by molar-refractivity contribution is 5.75. The fourth-order valence-electron chi connectivity index (χ4n) is 6.43. The number of urea groups is 1. The topological polar surface area (TPSA) is 48.5 Å². The molecule has 1 aliphatic heterocycles. The minimum atomic E-state index is 0.125. The Hall–Kier alpha value is -1.62. The summed E-state index contributed by atoms with van der Waals surface area (Å²) in [7, 11) is 0. The van der Waals surface area contributed by atoms with Gasteiger partial charge in [0.05, 0.1) is 0 Å². The molecule has 4 saturated carbocycles. The first-order valence-corrected chi connectivity index (χ1v) is 10.4. The molecule has 0 atom stereocenters. The van der Waals surface area contributed by atoms with Crippen LogP contribution in [-0.2, 0) is 6.54 Å². The summed E-state index contributed by atoms with van der Waals surface area (Å²) >= 11 is 0. The van der Waals surface area contributed by atoms with Crippen molar-refractivity contribution in [2.45, 2.75) is 50.6 Å². The van der Waals surface area contributed by atoms with Crippen molar-refractivity contribution < 1.29 is 4.79 Å². The van der Waals surface area contributed by atoms with Crippen molar-refractivity contribution in [2.75, 3.05) is 26.2 Å². The Bertz CT molecular complexity index is 618. The van der Waals surface area contributed by atoms with Gasteiger partial charge in [-0.1, -0.05) is 0 Å². The standard InChI is InChI=1S/C21H30N4O/c26-20(23-21-12-17-9-18(13-21)11-19(10-17)14-21)25-7-5-24(6-8-25)15-16-1-3-22-4-2-16/h1-4,17-19H,5-15H2,(H,23,26). The van der Waals surface area contributed by atoms with Gasteiger partial charge in [0, 0.05) is 50.7 Å². The van der Waals surface area contributed by atoms with Crippen LogP contribution in [0.4, 0.5) is 4.79 Å². The molecular formula is C21H30N4O. The van der Waals surface area contributed by atoms with Crippen molar-refractivity contribution >= 4 is 6.03 Å². The summed E-state index contributed by atoms with van der Waals surface area (Å²) < 4.78 is 0. The van der Waals surface area contributed by atoms with Gasteiger partial charge >= 0.3 is 6.03 Å². The van der Waals surface area contributed by atoms with Crippen LogP contribution < -0.4 is 5.32 Å². The average molecular weight is 354 g/mol. The van der Waals surface area contributed by atoms with Gasteiger partial charge in [0.2, 0.25) is 0 Å². The maximum atomic E-state index is 12.9. The maximum absolute atomic E-state index is 12.9. The van der Waals surface area contributed by atoms with Crippen molar-refractivity contribution in [3.63, 3.8) is 0 Å². The third-order valence-electron chi connectivity index (χ3n) is 7.23. The molecule has 1 saturated heterocycles. The second-order valence-corrected chi connectivity index (χ2v) is 9.25. The van der Waals surface area contributed by atoms with E-state index in [0.717, 1.165) is 50.5 Å². The Labute approximate surface area is 156 Å². The molecular weight excluding hydrogens is 324 g/mol. The lowest BCUT2D eigenvalue weighted by Gasteiger charge is -2.57. The molecule has 5 heteroatoms. The maximum Gasteiger partial charge on any atom is 0.317 e. The van der Waals surface area contributed by atoms with E-state index in [-0.39, 0.29) is 11.6 Å². The van der Waals surface area contributed by atoms with Gasteiger partial charge in [-0.15, -0.1) is 0 Å². The van der Waals surface area contributed by atoms with Gasteiger partial charge in [0.1, 0.15) is 0 Å². The zero-order valence-electron chi connectivity index (χ0n) is 15.6. The van der Waals surface area contributed by atoms with E-state index in [1.807, 2.05) is 17.3 Å². The number of amides is 2. The number of nitrogens with zero attached hydrogens (tertiary/aromatic N) is 3. The first-order chi connectivity index (χ1) is 12.7. The van der Waals surface area contributed by atoms with E-state index >= 15 is 0 Å². The van der Waals surface area contributed by atoms with Crippen molar-refractivity contribution in [1.29, 1.82) is 0 Å². The zero-order chi connectivity index (χ0) is 17.6. The second kappa shape index (κ2) is 6.52. The summed E-state index contributed by atoms with van der Waals surface area (Å²) in [4.78, 5) is 21.5. The number of piperazine rings is 1. The third kappa shape index (κ3) is 3.22. The third-order valence-corrected chi connectivity index (χ3v) is 7.23. The number of hydrogen-bond donors (Lipinski definition) is 1. The van der Waals surface area contributed by atoms with Gasteiger partial charge in [0.25, 0.3) is 0 Å². The van der Waals surface area contributed by atoms with Crippen LogP contribution in [0.5, 0.6) is 0 Å². The van der Waals surface area contributed by atoms with Crippen LogP contribution in [0.25, 0.3) is 0 Å². The van der Waals surface area contributed by atoms with Crippen molar-refractivity contribution in [1.82, 2.24) is 20.1 Å². The number of hydrogen-bond acceptors (Lipinski definition) is 3. The zero-order valence-corrected chi connectivity index (χ0v) is 15.6. The minimum Gasteiger partial charge on any atom is -0.333 e. The van der Waals surface area contributed by atoms with Crippen molar-refractivity contribution in [2.24, 2.45) is 17.8 Å². The fourth-order valence-corrected chi connectivity index (χ4v) is 6.43. The number of carbonyl (C=O) groups is 1. The van der Waals surface area contributed by atoms with Gasteiger partial charge in [0.15, 0.2) is 0 Å². The largest absolute Gasteiger partial charge is 0.333 e. The molecule has 2 heterocycles. The van der Waals surface area contributed by atoms with E-state index in [4.69, 9.17) is 0 Å². The van der Waals surface area contributed by atoms with Crippen molar-refractivity contribution in [3.8, 4) is 0 Å². The number of pyridine rings is 1. The van der Waals surface area contributed by atoms with Crippen LogP contribution in [0.2, 0.25) is 0 Å². The summed E-state index contributed by atoms with van der Waals surface area (Å²) in [6.07, 6.45) is 11.6. The Morgan fingerprint density at radius 1 is 1.00 bits per heavy atom. The highest BCUT2D eigenvalue weighted by atomic mass is 16.2. The molecule has 5 fully saturated rings.